The van der Waals surface area contributed by atoms with Gasteiger partial charge < -0.3 is 15.0 Å². The lowest BCUT2D eigenvalue weighted by Crippen LogP contribution is -2.48. The topological polar surface area (TPSA) is 41.6 Å². The van der Waals surface area contributed by atoms with Gasteiger partial charge in [-0.2, -0.15) is 0 Å². The van der Waals surface area contributed by atoms with Crippen LogP contribution in [0.3, 0.4) is 0 Å². The minimum absolute atomic E-state index is 0.118. The quantitative estimate of drug-likeness (QED) is 0.947. The molecule has 1 saturated heterocycles. The maximum Gasteiger partial charge on any atom is 0.257 e. The van der Waals surface area contributed by atoms with Crippen molar-refractivity contribution in [3.63, 3.8) is 0 Å². The first-order valence-corrected chi connectivity index (χ1v) is 7.61. The Morgan fingerprint density at radius 3 is 2.65 bits per heavy atom. The van der Waals surface area contributed by atoms with Crippen molar-refractivity contribution < 1.29 is 13.9 Å². The molecule has 1 amide bonds. The molecule has 1 fully saturated rings. The Kier molecular flexibility index (Phi) is 4.57. The molecular weight excluding hydrogens is 295 g/mol. The summed E-state index contributed by atoms with van der Waals surface area (Å²) < 4.78 is 19.1. The van der Waals surface area contributed by atoms with E-state index in [-0.39, 0.29) is 17.5 Å². The van der Waals surface area contributed by atoms with Crippen LogP contribution in [0.2, 0.25) is 0 Å². The van der Waals surface area contributed by atoms with Crippen LogP contribution in [-0.4, -0.2) is 37.6 Å². The van der Waals surface area contributed by atoms with Crippen molar-refractivity contribution in [3.8, 4) is 5.75 Å². The van der Waals surface area contributed by atoms with Gasteiger partial charge in [0, 0.05) is 19.6 Å². The van der Waals surface area contributed by atoms with E-state index in [1.165, 1.54) is 12.1 Å². The molecule has 1 heterocycles. The highest BCUT2D eigenvalue weighted by molar-refractivity contribution is 5.94. The van der Waals surface area contributed by atoms with Gasteiger partial charge in [-0.1, -0.05) is 24.3 Å². The molecule has 1 aliphatic heterocycles. The largest absolute Gasteiger partial charge is 0.497 e. The van der Waals surface area contributed by atoms with Crippen LogP contribution in [0.15, 0.2) is 48.5 Å². The summed E-state index contributed by atoms with van der Waals surface area (Å²) in [5.74, 6) is 0.0134. The SMILES string of the molecule is COc1ccc([C@H]2CNCCN2C(=O)c2ccccc2F)cc1. The van der Waals surface area contributed by atoms with E-state index in [1.807, 2.05) is 24.3 Å². The molecule has 0 bridgehead atoms. The van der Waals surface area contributed by atoms with Crippen LogP contribution in [0.5, 0.6) is 5.75 Å². The Hall–Kier alpha value is -2.40. The number of nitrogens with one attached hydrogen (secondary N) is 1. The normalized spacial score (nSPS) is 17.8. The van der Waals surface area contributed by atoms with E-state index in [1.54, 1.807) is 24.1 Å². The fourth-order valence-electron chi connectivity index (χ4n) is 2.86. The Labute approximate surface area is 134 Å². The average molecular weight is 314 g/mol. The molecule has 23 heavy (non-hydrogen) atoms. The number of carbonyl (C=O) groups is 1. The Balaban J connectivity index is 1.89. The molecule has 0 saturated carbocycles. The molecule has 0 aromatic heterocycles. The first kappa shape index (κ1) is 15.5. The highest BCUT2D eigenvalue weighted by atomic mass is 19.1. The van der Waals surface area contributed by atoms with Crippen molar-refractivity contribution in [1.82, 2.24) is 10.2 Å². The van der Waals surface area contributed by atoms with Crippen molar-refractivity contribution >= 4 is 5.91 Å². The number of carbonyl (C=O) groups excluding carboxylic acids is 1. The second-order valence-electron chi connectivity index (χ2n) is 5.47. The first-order chi connectivity index (χ1) is 11.2. The van der Waals surface area contributed by atoms with Crippen LogP contribution >= 0.6 is 0 Å². The first-order valence-electron chi connectivity index (χ1n) is 7.61. The van der Waals surface area contributed by atoms with E-state index < -0.39 is 5.82 Å². The van der Waals surface area contributed by atoms with Gasteiger partial charge in [0.25, 0.3) is 5.91 Å². The van der Waals surface area contributed by atoms with Crippen molar-refractivity contribution in [2.75, 3.05) is 26.7 Å². The van der Waals surface area contributed by atoms with Gasteiger partial charge in [0.15, 0.2) is 0 Å². The third-order valence-corrected chi connectivity index (χ3v) is 4.11. The highest BCUT2D eigenvalue weighted by Gasteiger charge is 2.29. The van der Waals surface area contributed by atoms with Crippen LogP contribution in [0, 0.1) is 5.82 Å². The maximum atomic E-state index is 13.9. The molecule has 2 aromatic carbocycles. The zero-order valence-corrected chi connectivity index (χ0v) is 13.0. The molecule has 0 spiro atoms. The predicted molar refractivity (Wildman–Crippen MR) is 86.0 cm³/mol. The van der Waals surface area contributed by atoms with Crippen LogP contribution < -0.4 is 10.1 Å². The molecule has 1 N–H and O–H groups in total. The van der Waals surface area contributed by atoms with Gasteiger partial charge in [-0.3, -0.25) is 4.79 Å². The third-order valence-electron chi connectivity index (χ3n) is 4.11. The average Bonchev–Trinajstić information content (AvgIpc) is 2.62. The van der Waals surface area contributed by atoms with Gasteiger partial charge in [-0.15, -0.1) is 0 Å². The molecule has 0 aliphatic carbocycles. The van der Waals surface area contributed by atoms with Gasteiger partial charge in [-0.05, 0) is 29.8 Å². The summed E-state index contributed by atoms with van der Waals surface area (Å²) in [5.41, 5.74) is 1.12. The second kappa shape index (κ2) is 6.79. The molecular formula is C18H19FN2O2. The summed E-state index contributed by atoms with van der Waals surface area (Å²) in [6, 6.07) is 13.6. The zero-order valence-electron chi connectivity index (χ0n) is 13.0. The van der Waals surface area contributed by atoms with Crippen LogP contribution in [-0.2, 0) is 0 Å². The standard InChI is InChI=1S/C18H19FN2O2/c1-23-14-8-6-13(7-9-14)17-12-20-10-11-21(17)18(22)15-4-2-3-5-16(15)19/h2-9,17,20H,10-12H2,1H3/t17-/m1/s1. The van der Waals surface area contributed by atoms with Crippen molar-refractivity contribution in [2.24, 2.45) is 0 Å². The van der Waals surface area contributed by atoms with Gasteiger partial charge in [-0.25, -0.2) is 4.39 Å². The fourth-order valence-corrected chi connectivity index (χ4v) is 2.86. The lowest BCUT2D eigenvalue weighted by Gasteiger charge is -2.36. The van der Waals surface area contributed by atoms with E-state index >= 15 is 0 Å². The third kappa shape index (κ3) is 3.19. The van der Waals surface area contributed by atoms with Crippen LogP contribution in [0.25, 0.3) is 0 Å². The van der Waals surface area contributed by atoms with Crippen LogP contribution in [0.1, 0.15) is 22.0 Å². The van der Waals surface area contributed by atoms with Crippen molar-refractivity contribution in [2.45, 2.75) is 6.04 Å². The smallest absolute Gasteiger partial charge is 0.257 e. The van der Waals surface area contributed by atoms with Crippen molar-refractivity contribution in [3.05, 3.63) is 65.5 Å². The minimum Gasteiger partial charge on any atom is -0.497 e. The van der Waals surface area contributed by atoms with E-state index in [0.29, 0.717) is 19.6 Å². The summed E-state index contributed by atoms with van der Waals surface area (Å²) >= 11 is 0. The number of halogens is 1. The number of rotatable bonds is 3. The summed E-state index contributed by atoms with van der Waals surface area (Å²) in [5, 5.41) is 3.29. The minimum atomic E-state index is -0.482. The molecule has 5 heteroatoms. The highest BCUT2D eigenvalue weighted by Crippen LogP contribution is 2.26. The lowest BCUT2D eigenvalue weighted by molar-refractivity contribution is 0.0629. The molecule has 3 rings (SSSR count). The Morgan fingerprint density at radius 1 is 1.22 bits per heavy atom. The predicted octanol–water partition coefficient (Wildman–Crippen LogP) is 2.62. The summed E-state index contributed by atoms with van der Waals surface area (Å²) in [4.78, 5) is 14.5. The van der Waals surface area contributed by atoms with E-state index in [0.717, 1.165) is 11.3 Å². The monoisotopic (exact) mass is 314 g/mol. The summed E-state index contributed by atoms with van der Waals surface area (Å²) in [6.07, 6.45) is 0. The zero-order chi connectivity index (χ0) is 16.2. The van der Waals surface area contributed by atoms with E-state index in [9.17, 15) is 9.18 Å². The van der Waals surface area contributed by atoms with E-state index in [4.69, 9.17) is 4.74 Å². The molecule has 1 aliphatic rings. The molecule has 120 valence electrons. The Bertz CT molecular complexity index is 688. The van der Waals surface area contributed by atoms with Gasteiger partial charge >= 0.3 is 0 Å². The molecule has 2 aromatic rings. The molecule has 0 radical (unpaired) electrons. The fraction of sp³-hybridized carbons (Fsp3) is 0.278. The van der Waals surface area contributed by atoms with Crippen molar-refractivity contribution in [1.29, 1.82) is 0 Å². The number of ether oxygens (including phenoxy) is 1. The number of piperazine rings is 1. The van der Waals surface area contributed by atoms with Gasteiger partial charge in [0.05, 0.1) is 18.7 Å². The van der Waals surface area contributed by atoms with E-state index in [2.05, 4.69) is 5.32 Å². The van der Waals surface area contributed by atoms with Gasteiger partial charge in [0.1, 0.15) is 11.6 Å². The number of hydrogen-bond donors (Lipinski definition) is 1. The number of amides is 1. The second-order valence-corrected chi connectivity index (χ2v) is 5.47. The summed E-state index contributed by atoms with van der Waals surface area (Å²) in [7, 11) is 1.62. The maximum absolute atomic E-state index is 13.9. The lowest BCUT2D eigenvalue weighted by atomic mass is 10.0. The number of hydrogen-bond acceptors (Lipinski definition) is 3. The van der Waals surface area contributed by atoms with Crippen LogP contribution in [0.4, 0.5) is 4.39 Å². The number of benzene rings is 2. The van der Waals surface area contributed by atoms with Gasteiger partial charge in [0.2, 0.25) is 0 Å². The number of nitrogens with zero attached hydrogens (tertiary/aromatic N) is 1. The Morgan fingerprint density at radius 2 is 1.96 bits per heavy atom. The summed E-state index contributed by atoms with van der Waals surface area (Å²) in [6.45, 7) is 1.89. The number of methoxy groups -OCH3 is 1. The molecule has 0 unspecified atom stereocenters. The molecule has 4 nitrogen and oxygen atoms in total. The molecule has 1 atom stereocenters.